The zero-order valence-corrected chi connectivity index (χ0v) is 19.8. The fraction of sp³-hybridized carbons (Fsp3) is 0.500. The van der Waals surface area contributed by atoms with Crippen LogP contribution in [-0.2, 0) is 4.74 Å². The van der Waals surface area contributed by atoms with Crippen molar-refractivity contribution in [3.8, 4) is 22.9 Å². The van der Waals surface area contributed by atoms with Crippen LogP contribution in [0.4, 0.5) is 4.79 Å². The third-order valence-corrected chi connectivity index (χ3v) is 5.97. The number of likely N-dealkylation sites (tertiary alicyclic amines) is 1. The lowest BCUT2D eigenvalue weighted by Crippen LogP contribution is -2.37. The highest BCUT2D eigenvalue weighted by atomic mass is 16.6. The predicted molar refractivity (Wildman–Crippen MR) is 123 cm³/mol. The van der Waals surface area contributed by atoms with Gasteiger partial charge in [0.1, 0.15) is 28.5 Å². The van der Waals surface area contributed by atoms with Crippen molar-refractivity contribution < 1.29 is 14.3 Å². The molecule has 9 heteroatoms. The number of rotatable bonds is 3. The average Bonchev–Trinajstić information content (AvgIpc) is 3.26. The number of nitrogens with zero attached hydrogens (tertiary/aromatic N) is 6. The van der Waals surface area contributed by atoms with Crippen LogP contribution in [0.3, 0.4) is 0 Å². The molecule has 1 aliphatic heterocycles. The standard InChI is InChI=1S/C24H30N6O3/c1-16-20(17-11-21(32-5)22-18(12-25)13-26-29(22)15-17)14-27-30(16)19-7-6-9-28(10-8-19)23(31)33-24(2,3)4/h11,13-15,19H,6-10H2,1-5H3/t19-/m0/s1. The molecule has 0 bridgehead atoms. The van der Waals surface area contributed by atoms with Crippen molar-refractivity contribution in [3.05, 3.63) is 35.9 Å². The number of fused-ring (bicyclic) bond motifs is 1. The number of hydrogen-bond acceptors (Lipinski definition) is 6. The van der Waals surface area contributed by atoms with E-state index >= 15 is 0 Å². The van der Waals surface area contributed by atoms with Gasteiger partial charge in [-0.3, -0.25) is 4.68 Å². The van der Waals surface area contributed by atoms with Crippen molar-refractivity contribution in [3.63, 3.8) is 0 Å². The predicted octanol–water partition coefficient (Wildman–Crippen LogP) is 4.35. The quantitative estimate of drug-likeness (QED) is 0.588. The summed E-state index contributed by atoms with van der Waals surface area (Å²) >= 11 is 0. The molecule has 0 unspecified atom stereocenters. The van der Waals surface area contributed by atoms with Crippen LogP contribution in [0.2, 0.25) is 0 Å². The van der Waals surface area contributed by atoms with Gasteiger partial charge in [0.05, 0.1) is 25.5 Å². The van der Waals surface area contributed by atoms with Gasteiger partial charge in [0.25, 0.3) is 0 Å². The number of hydrogen-bond donors (Lipinski definition) is 0. The monoisotopic (exact) mass is 450 g/mol. The van der Waals surface area contributed by atoms with Crippen molar-refractivity contribution in [1.29, 1.82) is 5.26 Å². The fourth-order valence-corrected chi connectivity index (χ4v) is 4.38. The zero-order chi connectivity index (χ0) is 23.8. The number of amides is 1. The molecule has 1 amide bonds. The Morgan fingerprint density at radius 1 is 1.21 bits per heavy atom. The molecule has 0 aromatic carbocycles. The van der Waals surface area contributed by atoms with Crippen molar-refractivity contribution in [2.24, 2.45) is 0 Å². The Morgan fingerprint density at radius 3 is 2.70 bits per heavy atom. The fourth-order valence-electron chi connectivity index (χ4n) is 4.38. The summed E-state index contributed by atoms with van der Waals surface area (Å²) in [5.74, 6) is 0.594. The first-order chi connectivity index (χ1) is 15.7. The normalized spacial score (nSPS) is 17.0. The molecule has 0 saturated carbocycles. The minimum absolute atomic E-state index is 0.201. The van der Waals surface area contributed by atoms with Gasteiger partial charge in [0.15, 0.2) is 0 Å². The van der Waals surface area contributed by atoms with E-state index in [2.05, 4.69) is 22.8 Å². The second-order valence-corrected chi connectivity index (χ2v) is 9.40. The van der Waals surface area contributed by atoms with Gasteiger partial charge >= 0.3 is 6.09 Å². The molecule has 4 rings (SSSR count). The Kier molecular flexibility index (Phi) is 6.02. The van der Waals surface area contributed by atoms with E-state index in [1.54, 1.807) is 22.7 Å². The molecule has 0 spiro atoms. The van der Waals surface area contributed by atoms with Crippen LogP contribution in [0, 0.1) is 18.3 Å². The number of nitriles is 1. The van der Waals surface area contributed by atoms with Gasteiger partial charge < -0.3 is 14.4 Å². The minimum Gasteiger partial charge on any atom is -0.494 e. The van der Waals surface area contributed by atoms with E-state index in [0.29, 0.717) is 29.9 Å². The summed E-state index contributed by atoms with van der Waals surface area (Å²) in [5.41, 5.74) is 3.57. The van der Waals surface area contributed by atoms with Crippen LogP contribution in [0.5, 0.6) is 5.75 Å². The average molecular weight is 451 g/mol. The van der Waals surface area contributed by atoms with Crippen LogP contribution >= 0.6 is 0 Å². The molecule has 0 radical (unpaired) electrons. The maximum absolute atomic E-state index is 12.5. The van der Waals surface area contributed by atoms with Gasteiger partial charge in [-0.1, -0.05) is 0 Å². The SMILES string of the molecule is COc1cc(-c2cnn([C@H]3CCCN(C(=O)OC(C)(C)C)CC3)c2C)cn2ncc(C#N)c12. The van der Waals surface area contributed by atoms with Crippen molar-refractivity contribution in [2.45, 2.75) is 58.6 Å². The molecule has 174 valence electrons. The highest BCUT2D eigenvalue weighted by Crippen LogP contribution is 2.33. The summed E-state index contributed by atoms with van der Waals surface area (Å²) in [6.07, 6.45) is 7.69. The van der Waals surface area contributed by atoms with Gasteiger partial charge in [-0.2, -0.15) is 15.5 Å². The van der Waals surface area contributed by atoms with Crippen molar-refractivity contribution in [2.75, 3.05) is 20.2 Å². The molecule has 4 heterocycles. The summed E-state index contributed by atoms with van der Waals surface area (Å²) in [7, 11) is 1.59. The maximum Gasteiger partial charge on any atom is 0.410 e. The van der Waals surface area contributed by atoms with E-state index in [1.165, 1.54) is 0 Å². The van der Waals surface area contributed by atoms with E-state index in [9.17, 15) is 10.1 Å². The Hall–Kier alpha value is -3.54. The Morgan fingerprint density at radius 2 is 2.00 bits per heavy atom. The molecule has 0 N–H and O–H groups in total. The summed E-state index contributed by atoms with van der Waals surface area (Å²) in [5, 5.41) is 18.4. The van der Waals surface area contributed by atoms with Crippen molar-refractivity contribution in [1.82, 2.24) is 24.3 Å². The number of methoxy groups -OCH3 is 1. The number of ether oxygens (including phenoxy) is 2. The van der Waals surface area contributed by atoms with E-state index in [1.807, 2.05) is 39.2 Å². The van der Waals surface area contributed by atoms with Crippen LogP contribution in [-0.4, -0.2) is 56.2 Å². The first-order valence-corrected chi connectivity index (χ1v) is 11.2. The molecule has 1 fully saturated rings. The number of aromatic nitrogens is 4. The molecule has 3 aromatic rings. The van der Waals surface area contributed by atoms with E-state index in [4.69, 9.17) is 14.6 Å². The Bertz CT molecular complexity index is 1210. The summed E-state index contributed by atoms with van der Waals surface area (Å²) < 4.78 is 14.8. The van der Waals surface area contributed by atoms with E-state index in [-0.39, 0.29) is 12.1 Å². The lowest BCUT2D eigenvalue weighted by molar-refractivity contribution is 0.0255. The maximum atomic E-state index is 12.5. The first kappa shape index (κ1) is 22.6. The second kappa shape index (κ2) is 8.77. The molecule has 1 aliphatic rings. The topological polar surface area (TPSA) is 97.7 Å². The second-order valence-electron chi connectivity index (χ2n) is 9.40. The lowest BCUT2D eigenvalue weighted by Gasteiger charge is -2.26. The molecule has 0 aliphatic carbocycles. The molecule has 33 heavy (non-hydrogen) atoms. The summed E-state index contributed by atoms with van der Waals surface area (Å²) in [6, 6.07) is 4.28. The van der Waals surface area contributed by atoms with Crippen LogP contribution < -0.4 is 4.74 Å². The number of carbonyl (C=O) groups excluding carboxylic acids is 1. The largest absolute Gasteiger partial charge is 0.494 e. The van der Waals surface area contributed by atoms with Gasteiger partial charge in [-0.25, -0.2) is 9.31 Å². The van der Waals surface area contributed by atoms with E-state index < -0.39 is 5.60 Å². The Labute approximate surface area is 193 Å². The number of pyridine rings is 1. The minimum atomic E-state index is -0.499. The molecular weight excluding hydrogens is 420 g/mol. The van der Waals surface area contributed by atoms with Crippen molar-refractivity contribution >= 4 is 11.6 Å². The highest BCUT2D eigenvalue weighted by Gasteiger charge is 2.27. The van der Waals surface area contributed by atoms with Crippen LogP contribution in [0.15, 0.2) is 24.7 Å². The summed E-state index contributed by atoms with van der Waals surface area (Å²) in [4.78, 5) is 14.3. The first-order valence-electron chi connectivity index (χ1n) is 11.2. The molecule has 1 atom stereocenters. The summed E-state index contributed by atoms with van der Waals surface area (Å²) in [6.45, 7) is 9.04. The van der Waals surface area contributed by atoms with Crippen LogP contribution in [0.25, 0.3) is 16.6 Å². The third kappa shape index (κ3) is 4.51. The van der Waals surface area contributed by atoms with Gasteiger partial charge in [0.2, 0.25) is 0 Å². The van der Waals surface area contributed by atoms with Gasteiger partial charge in [-0.05, 0) is 53.0 Å². The molecule has 9 nitrogen and oxygen atoms in total. The van der Waals surface area contributed by atoms with Gasteiger partial charge in [0, 0.05) is 36.1 Å². The smallest absolute Gasteiger partial charge is 0.410 e. The lowest BCUT2D eigenvalue weighted by atomic mass is 10.1. The Balaban J connectivity index is 1.57. The third-order valence-electron chi connectivity index (χ3n) is 5.97. The van der Waals surface area contributed by atoms with Gasteiger partial charge in [-0.15, -0.1) is 0 Å². The van der Waals surface area contributed by atoms with E-state index in [0.717, 1.165) is 36.1 Å². The molecular formula is C24H30N6O3. The molecule has 1 saturated heterocycles. The van der Waals surface area contributed by atoms with Crippen LogP contribution in [0.1, 0.15) is 57.3 Å². The zero-order valence-electron chi connectivity index (χ0n) is 19.8. The number of carbonyl (C=O) groups is 1. The highest BCUT2D eigenvalue weighted by molar-refractivity contribution is 5.76. The molecule has 3 aromatic heterocycles.